The zero-order valence-electron chi connectivity index (χ0n) is 21.2. The molecule has 188 valence electrons. The zero-order chi connectivity index (χ0) is 23.5. The molecule has 0 bridgehead atoms. The number of aliphatic hydroxyl groups is 1. The van der Waals surface area contributed by atoms with Crippen LogP contribution in [-0.2, 0) is 4.79 Å². The lowest BCUT2D eigenvalue weighted by Gasteiger charge is -2.07. The molecular formula is C29H54O3. The van der Waals surface area contributed by atoms with Crippen LogP contribution in [0.1, 0.15) is 148 Å². The van der Waals surface area contributed by atoms with Crippen molar-refractivity contribution in [2.45, 2.75) is 154 Å². The van der Waals surface area contributed by atoms with Gasteiger partial charge in [0.05, 0.1) is 6.10 Å². The number of unbranched alkanes of at least 4 members (excludes halogenated alkanes) is 16. The first-order valence-electron chi connectivity index (χ1n) is 13.9. The van der Waals surface area contributed by atoms with Crippen LogP contribution in [0.15, 0.2) is 24.3 Å². The van der Waals surface area contributed by atoms with Crippen LogP contribution in [0.3, 0.4) is 0 Å². The van der Waals surface area contributed by atoms with E-state index in [9.17, 15) is 9.90 Å². The fourth-order valence-corrected chi connectivity index (χ4v) is 4.06. The molecule has 0 aromatic heterocycles. The summed E-state index contributed by atoms with van der Waals surface area (Å²) >= 11 is 0. The third-order valence-corrected chi connectivity index (χ3v) is 6.15. The van der Waals surface area contributed by atoms with Gasteiger partial charge in [0.1, 0.15) is 0 Å². The number of hydrogen-bond donors (Lipinski definition) is 2. The number of aliphatic hydroxyl groups excluding tert-OH is 1. The second-order valence-electron chi connectivity index (χ2n) is 9.45. The molecule has 0 aliphatic heterocycles. The second kappa shape index (κ2) is 26.2. The maximum absolute atomic E-state index is 10.4. The maximum Gasteiger partial charge on any atom is 0.303 e. The van der Waals surface area contributed by atoms with Crippen molar-refractivity contribution < 1.29 is 15.0 Å². The summed E-state index contributed by atoms with van der Waals surface area (Å²) in [5.41, 5.74) is 0. The highest BCUT2D eigenvalue weighted by Gasteiger charge is 2.01. The number of aliphatic carboxylic acids is 1. The van der Waals surface area contributed by atoms with Gasteiger partial charge in [-0.3, -0.25) is 4.79 Å². The molecule has 32 heavy (non-hydrogen) atoms. The molecule has 1 unspecified atom stereocenters. The number of hydrogen-bond acceptors (Lipinski definition) is 2. The van der Waals surface area contributed by atoms with E-state index < -0.39 is 5.97 Å². The van der Waals surface area contributed by atoms with Crippen molar-refractivity contribution in [3.63, 3.8) is 0 Å². The maximum atomic E-state index is 10.4. The van der Waals surface area contributed by atoms with Gasteiger partial charge in [-0.25, -0.2) is 0 Å². The molecule has 0 aromatic rings. The Balaban J connectivity index is 3.20. The summed E-state index contributed by atoms with van der Waals surface area (Å²) in [5, 5.41) is 18.6. The lowest BCUT2D eigenvalue weighted by Crippen LogP contribution is -2.04. The van der Waals surface area contributed by atoms with E-state index in [1.807, 2.05) is 0 Å². The summed E-state index contributed by atoms with van der Waals surface area (Å²) in [6, 6.07) is 0. The highest BCUT2D eigenvalue weighted by molar-refractivity contribution is 5.66. The summed E-state index contributed by atoms with van der Waals surface area (Å²) in [4.78, 5) is 10.4. The van der Waals surface area contributed by atoms with Crippen molar-refractivity contribution in [1.29, 1.82) is 0 Å². The van der Waals surface area contributed by atoms with Gasteiger partial charge in [0, 0.05) is 6.42 Å². The summed E-state index contributed by atoms with van der Waals surface area (Å²) < 4.78 is 0. The van der Waals surface area contributed by atoms with E-state index in [1.54, 1.807) is 0 Å². The average Bonchev–Trinajstić information content (AvgIpc) is 2.77. The molecule has 0 heterocycles. The van der Waals surface area contributed by atoms with Gasteiger partial charge in [0.15, 0.2) is 0 Å². The number of rotatable bonds is 25. The van der Waals surface area contributed by atoms with Crippen LogP contribution >= 0.6 is 0 Å². The van der Waals surface area contributed by atoms with E-state index in [4.69, 9.17) is 5.11 Å². The average molecular weight is 451 g/mol. The van der Waals surface area contributed by atoms with E-state index in [1.165, 1.54) is 89.9 Å². The van der Waals surface area contributed by atoms with Crippen molar-refractivity contribution in [3.8, 4) is 0 Å². The van der Waals surface area contributed by atoms with Gasteiger partial charge in [0.2, 0.25) is 0 Å². The van der Waals surface area contributed by atoms with Crippen LogP contribution in [0.4, 0.5) is 0 Å². The third kappa shape index (κ3) is 26.9. The molecule has 0 radical (unpaired) electrons. The Bertz CT molecular complexity index is 442. The van der Waals surface area contributed by atoms with Gasteiger partial charge < -0.3 is 10.2 Å². The predicted octanol–water partition coefficient (Wildman–Crippen LogP) is 9.15. The summed E-state index contributed by atoms with van der Waals surface area (Å²) in [7, 11) is 0. The first-order valence-corrected chi connectivity index (χ1v) is 13.9. The lowest BCUT2D eigenvalue weighted by atomic mass is 10.0. The predicted molar refractivity (Wildman–Crippen MR) is 139 cm³/mol. The minimum atomic E-state index is -0.662. The Labute approximate surface area is 199 Å². The molecule has 0 amide bonds. The van der Waals surface area contributed by atoms with Gasteiger partial charge >= 0.3 is 5.97 Å². The van der Waals surface area contributed by atoms with Crippen LogP contribution in [0, 0.1) is 0 Å². The van der Waals surface area contributed by atoms with Crippen molar-refractivity contribution >= 4 is 5.97 Å². The van der Waals surface area contributed by atoms with Gasteiger partial charge in [-0.2, -0.15) is 0 Å². The quantitative estimate of drug-likeness (QED) is 0.108. The SMILES string of the molecule is CCCC=CCC=CCC(O)CCCCCCCCCCCCCCCCCCC(=O)O. The molecule has 2 N–H and O–H groups in total. The highest BCUT2D eigenvalue weighted by Crippen LogP contribution is 2.15. The molecule has 3 heteroatoms. The van der Waals surface area contributed by atoms with Crippen molar-refractivity contribution in [1.82, 2.24) is 0 Å². The molecule has 0 spiro atoms. The van der Waals surface area contributed by atoms with Crippen LogP contribution in [0.5, 0.6) is 0 Å². The molecule has 0 aliphatic carbocycles. The molecule has 0 fully saturated rings. The van der Waals surface area contributed by atoms with Gasteiger partial charge in [0.25, 0.3) is 0 Å². The number of carboxylic acids is 1. The summed E-state index contributed by atoms with van der Waals surface area (Å²) in [5.74, 6) is -0.662. The fourth-order valence-electron chi connectivity index (χ4n) is 4.06. The molecule has 0 saturated heterocycles. The van der Waals surface area contributed by atoms with E-state index in [-0.39, 0.29) is 6.10 Å². The minimum Gasteiger partial charge on any atom is -0.481 e. The fraction of sp³-hybridized carbons (Fsp3) is 0.828. The third-order valence-electron chi connectivity index (χ3n) is 6.15. The van der Waals surface area contributed by atoms with Crippen LogP contribution in [-0.4, -0.2) is 22.3 Å². The number of carboxylic acid groups (broad SMARTS) is 1. The van der Waals surface area contributed by atoms with E-state index in [0.29, 0.717) is 6.42 Å². The number of carbonyl (C=O) groups is 1. The summed E-state index contributed by atoms with van der Waals surface area (Å²) in [6.07, 6.45) is 34.4. The minimum absolute atomic E-state index is 0.164. The Morgan fingerprint density at radius 1 is 0.656 bits per heavy atom. The van der Waals surface area contributed by atoms with Gasteiger partial charge in [-0.15, -0.1) is 0 Å². The first-order chi connectivity index (χ1) is 15.7. The summed E-state index contributed by atoms with van der Waals surface area (Å²) in [6.45, 7) is 2.19. The Hall–Kier alpha value is -1.09. The van der Waals surface area contributed by atoms with Gasteiger partial charge in [-0.1, -0.05) is 134 Å². The Morgan fingerprint density at radius 3 is 1.56 bits per heavy atom. The van der Waals surface area contributed by atoms with Crippen LogP contribution in [0.2, 0.25) is 0 Å². The molecule has 1 atom stereocenters. The van der Waals surface area contributed by atoms with Crippen molar-refractivity contribution in [3.05, 3.63) is 24.3 Å². The smallest absolute Gasteiger partial charge is 0.303 e. The first kappa shape index (κ1) is 30.9. The monoisotopic (exact) mass is 450 g/mol. The van der Waals surface area contributed by atoms with E-state index in [2.05, 4.69) is 31.2 Å². The van der Waals surface area contributed by atoms with Crippen molar-refractivity contribution in [2.24, 2.45) is 0 Å². The van der Waals surface area contributed by atoms with Crippen LogP contribution in [0.25, 0.3) is 0 Å². The topological polar surface area (TPSA) is 57.5 Å². The van der Waals surface area contributed by atoms with Crippen molar-refractivity contribution in [2.75, 3.05) is 0 Å². The highest BCUT2D eigenvalue weighted by atomic mass is 16.4. The molecule has 0 aromatic carbocycles. The van der Waals surface area contributed by atoms with E-state index >= 15 is 0 Å². The number of allylic oxidation sites excluding steroid dienone is 3. The molecule has 0 aliphatic rings. The lowest BCUT2D eigenvalue weighted by molar-refractivity contribution is -0.137. The zero-order valence-corrected chi connectivity index (χ0v) is 21.2. The van der Waals surface area contributed by atoms with Crippen LogP contribution < -0.4 is 0 Å². The normalized spacial score (nSPS) is 12.8. The molecular weight excluding hydrogens is 396 g/mol. The largest absolute Gasteiger partial charge is 0.481 e. The Kier molecular flexibility index (Phi) is 25.3. The second-order valence-corrected chi connectivity index (χ2v) is 9.45. The standard InChI is InChI=1S/C29H54O3/c1-2-3-4-5-16-19-22-25-28(30)26-23-20-17-14-12-10-8-6-7-9-11-13-15-18-21-24-27-29(31)32/h4-5,19,22,28,30H,2-3,6-18,20-21,23-27H2,1H3,(H,31,32). The molecule has 3 nitrogen and oxygen atoms in total. The van der Waals surface area contributed by atoms with E-state index in [0.717, 1.165) is 44.9 Å². The molecule has 0 saturated carbocycles. The Morgan fingerprint density at radius 2 is 1.09 bits per heavy atom. The van der Waals surface area contributed by atoms with Gasteiger partial charge in [-0.05, 0) is 32.1 Å². The molecule has 0 rings (SSSR count).